The van der Waals surface area contributed by atoms with Crippen molar-refractivity contribution in [2.24, 2.45) is 4.99 Å². The minimum Gasteiger partial charge on any atom is -0.370 e. The van der Waals surface area contributed by atoms with E-state index >= 15 is 0 Å². The van der Waals surface area contributed by atoms with Crippen molar-refractivity contribution >= 4 is 6.21 Å². The number of rotatable bonds is 2. The molecule has 2 heteroatoms. The van der Waals surface area contributed by atoms with E-state index in [2.05, 4.69) is 29.3 Å². The van der Waals surface area contributed by atoms with Crippen molar-refractivity contribution in [1.29, 1.82) is 0 Å². The topological polar surface area (TPSA) is 21.6 Å². The molecule has 13 heavy (non-hydrogen) atoms. The first-order valence-electron chi connectivity index (χ1n) is 4.59. The number of aliphatic imine (C=N–C) groups is 1. The molecule has 1 aliphatic rings. The molecule has 1 heterocycles. The van der Waals surface area contributed by atoms with Crippen molar-refractivity contribution in [1.82, 2.24) is 0 Å². The highest BCUT2D eigenvalue weighted by Gasteiger charge is 2.10. The van der Waals surface area contributed by atoms with Crippen molar-refractivity contribution in [2.75, 3.05) is 13.2 Å². The molecule has 0 spiro atoms. The van der Waals surface area contributed by atoms with E-state index in [4.69, 9.17) is 4.74 Å². The largest absolute Gasteiger partial charge is 0.370 e. The Morgan fingerprint density at radius 3 is 2.85 bits per heavy atom. The zero-order valence-electron chi connectivity index (χ0n) is 7.52. The van der Waals surface area contributed by atoms with Gasteiger partial charge in [-0.3, -0.25) is 4.99 Å². The van der Waals surface area contributed by atoms with Gasteiger partial charge in [0.15, 0.2) is 0 Å². The van der Waals surface area contributed by atoms with Gasteiger partial charge in [-0.25, -0.2) is 0 Å². The third-order valence-corrected chi connectivity index (χ3v) is 2.15. The van der Waals surface area contributed by atoms with Gasteiger partial charge in [0.25, 0.3) is 0 Å². The molecule has 0 saturated carbocycles. The van der Waals surface area contributed by atoms with Gasteiger partial charge < -0.3 is 4.74 Å². The van der Waals surface area contributed by atoms with E-state index in [0.717, 1.165) is 13.0 Å². The Bertz CT molecular complexity index is 281. The Morgan fingerprint density at radius 1 is 1.31 bits per heavy atom. The Balaban J connectivity index is 1.94. The maximum absolute atomic E-state index is 5.53. The molecule has 0 amide bonds. The zero-order chi connectivity index (χ0) is 8.93. The van der Waals surface area contributed by atoms with Crippen LogP contribution in [0.4, 0.5) is 0 Å². The first-order valence-corrected chi connectivity index (χ1v) is 4.59. The maximum Gasteiger partial charge on any atom is 0.0819 e. The normalized spacial score (nSPS) is 21.7. The molecule has 0 bridgehead atoms. The first kappa shape index (κ1) is 8.45. The molecular formula is C11H13NO. The van der Waals surface area contributed by atoms with Gasteiger partial charge in [0, 0.05) is 12.6 Å². The van der Waals surface area contributed by atoms with Crippen LogP contribution >= 0.6 is 0 Å². The molecule has 1 aromatic rings. The predicted octanol–water partition coefficient (Wildman–Crippen LogP) is 1.70. The molecule has 0 N–H and O–H groups in total. The molecule has 2 rings (SSSR count). The van der Waals surface area contributed by atoms with Gasteiger partial charge in [-0.2, -0.15) is 0 Å². The van der Waals surface area contributed by atoms with Crippen LogP contribution in [-0.4, -0.2) is 25.5 Å². The van der Waals surface area contributed by atoms with Gasteiger partial charge in [0.1, 0.15) is 0 Å². The summed E-state index contributed by atoms with van der Waals surface area (Å²) in [4.78, 5) is 4.20. The van der Waals surface area contributed by atoms with Crippen molar-refractivity contribution in [3.63, 3.8) is 0 Å². The van der Waals surface area contributed by atoms with Crippen LogP contribution in [0.3, 0.4) is 0 Å². The van der Waals surface area contributed by atoms with Crippen LogP contribution in [0, 0.1) is 0 Å². The van der Waals surface area contributed by atoms with Gasteiger partial charge in [-0.15, -0.1) is 0 Å². The molecule has 0 saturated heterocycles. The highest BCUT2D eigenvalue weighted by Crippen LogP contribution is 2.07. The molecule has 1 unspecified atom stereocenters. The molecule has 0 aromatic heterocycles. The summed E-state index contributed by atoms with van der Waals surface area (Å²) in [7, 11) is 0. The van der Waals surface area contributed by atoms with Gasteiger partial charge in [0.2, 0.25) is 0 Å². The second-order valence-corrected chi connectivity index (χ2v) is 3.19. The quantitative estimate of drug-likeness (QED) is 0.670. The van der Waals surface area contributed by atoms with Crippen molar-refractivity contribution in [3.05, 3.63) is 35.9 Å². The molecule has 0 aliphatic carbocycles. The van der Waals surface area contributed by atoms with Crippen LogP contribution in [-0.2, 0) is 11.2 Å². The monoisotopic (exact) mass is 175 g/mol. The molecule has 0 fully saturated rings. The minimum atomic E-state index is 0.271. The predicted molar refractivity (Wildman–Crippen MR) is 53.2 cm³/mol. The molecule has 1 aromatic carbocycles. The third-order valence-electron chi connectivity index (χ3n) is 2.15. The van der Waals surface area contributed by atoms with E-state index in [-0.39, 0.29) is 6.10 Å². The summed E-state index contributed by atoms with van der Waals surface area (Å²) < 4.78 is 5.53. The van der Waals surface area contributed by atoms with E-state index in [9.17, 15) is 0 Å². The Labute approximate surface area is 78.3 Å². The molecular weight excluding hydrogens is 162 g/mol. The fourth-order valence-corrected chi connectivity index (χ4v) is 1.48. The lowest BCUT2D eigenvalue weighted by Crippen LogP contribution is -2.24. The lowest BCUT2D eigenvalue weighted by atomic mass is 10.1. The van der Waals surface area contributed by atoms with Crippen LogP contribution < -0.4 is 0 Å². The van der Waals surface area contributed by atoms with E-state index in [1.807, 2.05) is 12.3 Å². The maximum atomic E-state index is 5.53. The van der Waals surface area contributed by atoms with E-state index in [0.29, 0.717) is 6.61 Å². The van der Waals surface area contributed by atoms with Crippen LogP contribution in [0.5, 0.6) is 0 Å². The van der Waals surface area contributed by atoms with Crippen molar-refractivity contribution in [3.8, 4) is 0 Å². The third kappa shape index (κ3) is 2.39. The highest BCUT2D eigenvalue weighted by atomic mass is 16.5. The summed E-state index contributed by atoms with van der Waals surface area (Å²) in [6, 6.07) is 10.4. The number of nitrogens with zero attached hydrogens (tertiary/aromatic N) is 1. The van der Waals surface area contributed by atoms with Gasteiger partial charge >= 0.3 is 0 Å². The standard InChI is InChI=1S/C11H13NO/c1-2-4-10(5-3-1)8-11-9-12-6-7-13-11/h1-6,11H,7-9H2. The summed E-state index contributed by atoms with van der Waals surface area (Å²) in [6.45, 7) is 1.46. The zero-order valence-corrected chi connectivity index (χ0v) is 7.52. The molecule has 1 atom stereocenters. The molecule has 1 aliphatic heterocycles. The molecule has 2 nitrogen and oxygen atoms in total. The van der Waals surface area contributed by atoms with Gasteiger partial charge in [-0.05, 0) is 5.56 Å². The Hall–Kier alpha value is -1.15. The van der Waals surface area contributed by atoms with E-state index in [1.54, 1.807) is 0 Å². The minimum absolute atomic E-state index is 0.271. The SMILES string of the molecule is C1=NCC(Cc2ccccc2)OC1. The Kier molecular flexibility index (Phi) is 2.72. The first-order chi connectivity index (χ1) is 6.45. The summed E-state index contributed by atoms with van der Waals surface area (Å²) in [5.74, 6) is 0. The van der Waals surface area contributed by atoms with Gasteiger partial charge in [-0.1, -0.05) is 30.3 Å². The second-order valence-electron chi connectivity index (χ2n) is 3.19. The fourth-order valence-electron chi connectivity index (χ4n) is 1.48. The van der Waals surface area contributed by atoms with Crippen LogP contribution in [0.2, 0.25) is 0 Å². The van der Waals surface area contributed by atoms with Gasteiger partial charge in [0.05, 0.1) is 19.3 Å². The summed E-state index contributed by atoms with van der Waals surface area (Å²) in [5.41, 5.74) is 1.32. The number of hydrogen-bond acceptors (Lipinski definition) is 2. The van der Waals surface area contributed by atoms with Crippen LogP contribution in [0.15, 0.2) is 35.3 Å². The smallest absolute Gasteiger partial charge is 0.0819 e. The van der Waals surface area contributed by atoms with Crippen molar-refractivity contribution in [2.45, 2.75) is 12.5 Å². The number of ether oxygens (including phenoxy) is 1. The van der Waals surface area contributed by atoms with E-state index in [1.165, 1.54) is 5.56 Å². The Morgan fingerprint density at radius 2 is 2.15 bits per heavy atom. The summed E-state index contributed by atoms with van der Waals surface area (Å²) >= 11 is 0. The highest BCUT2D eigenvalue weighted by molar-refractivity contribution is 5.59. The average Bonchev–Trinajstić information content (AvgIpc) is 2.21. The molecule has 68 valence electrons. The van der Waals surface area contributed by atoms with Crippen molar-refractivity contribution < 1.29 is 4.74 Å². The van der Waals surface area contributed by atoms with Crippen LogP contribution in [0.25, 0.3) is 0 Å². The molecule has 0 radical (unpaired) electrons. The number of benzene rings is 1. The lowest BCUT2D eigenvalue weighted by Gasteiger charge is -2.17. The van der Waals surface area contributed by atoms with E-state index < -0.39 is 0 Å². The number of hydrogen-bond donors (Lipinski definition) is 0. The lowest BCUT2D eigenvalue weighted by molar-refractivity contribution is 0.0827. The second kappa shape index (κ2) is 4.19. The summed E-state index contributed by atoms with van der Waals surface area (Å²) in [5, 5.41) is 0. The van der Waals surface area contributed by atoms with Crippen LogP contribution in [0.1, 0.15) is 5.56 Å². The summed E-state index contributed by atoms with van der Waals surface area (Å²) in [6.07, 6.45) is 3.08. The fraction of sp³-hybridized carbons (Fsp3) is 0.364. The average molecular weight is 175 g/mol.